The first-order valence-corrected chi connectivity index (χ1v) is 5.73. The van der Waals surface area contributed by atoms with Gasteiger partial charge in [0.15, 0.2) is 0 Å². The van der Waals surface area contributed by atoms with Crippen molar-refractivity contribution in [3.05, 3.63) is 109 Å². The van der Waals surface area contributed by atoms with Crippen molar-refractivity contribution in [2.24, 2.45) is 0 Å². The normalized spacial score (nSPS) is 6.86. The molecule has 0 spiro atoms. The van der Waals surface area contributed by atoms with Gasteiger partial charge in [0.05, 0.1) is 0 Å². The smallest absolute Gasteiger partial charge is 0 e. The third-order valence-electron chi connectivity index (χ3n) is 1.82. The van der Waals surface area contributed by atoms with Gasteiger partial charge in [0.25, 0.3) is 0 Å². The van der Waals surface area contributed by atoms with Gasteiger partial charge in [-0.15, -0.1) is 0 Å². The molecule has 0 N–H and O–H groups in total. The molecule has 0 aliphatic carbocycles. The molecule has 0 aliphatic heterocycles. The fourth-order valence-electron chi connectivity index (χ4n) is 1.03. The molecule has 3 heteroatoms. The molecule has 0 saturated carbocycles. The van der Waals surface area contributed by atoms with Gasteiger partial charge in [0.2, 0.25) is 0 Å². The maximum Gasteiger partial charge on any atom is 0 e. The first kappa shape index (κ1) is 25.1. The number of hydrogen-bond acceptors (Lipinski definition) is 0. The molecule has 0 saturated heterocycles. The standard InChI is InChI=1S/3C6H5.BrH.Cu.H3P/c3*1-2-4-6-5-3-1;;;/h3*1-5H;1H;;1H3/q3*-1;;;. The molecule has 0 fully saturated rings. The van der Waals surface area contributed by atoms with E-state index in [1.54, 1.807) is 0 Å². The average molecular weight is 410 g/mol. The van der Waals surface area contributed by atoms with Gasteiger partial charge in [-0.05, 0) is 9.90 Å². The van der Waals surface area contributed by atoms with Crippen LogP contribution in [-0.2, 0) is 17.1 Å². The van der Waals surface area contributed by atoms with E-state index < -0.39 is 0 Å². The van der Waals surface area contributed by atoms with Gasteiger partial charge in [-0.25, -0.2) is 0 Å². The molecule has 3 rings (SSSR count). The van der Waals surface area contributed by atoms with Crippen molar-refractivity contribution in [1.29, 1.82) is 0 Å². The molecule has 0 nitrogen and oxygen atoms in total. The minimum absolute atomic E-state index is 0. The zero-order chi connectivity index (χ0) is 12.7. The number of rotatable bonds is 0. The molecule has 0 aromatic heterocycles. The first-order chi connectivity index (χ1) is 9.00. The van der Waals surface area contributed by atoms with Crippen molar-refractivity contribution in [3.63, 3.8) is 0 Å². The van der Waals surface area contributed by atoms with Crippen LogP contribution >= 0.6 is 9.90 Å². The van der Waals surface area contributed by atoms with E-state index in [0.717, 1.165) is 0 Å². The van der Waals surface area contributed by atoms with Crippen molar-refractivity contribution >= 4 is 9.90 Å². The Kier molecular flexibility index (Phi) is 25.5. The number of halogens is 1. The Bertz CT molecular complexity index is 308. The van der Waals surface area contributed by atoms with Gasteiger partial charge >= 0.3 is 0 Å². The number of benzene rings is 3. The summed E-state index contributed by atoms with van der Waals surface area (Å²) in [4.78, 5) is 0. The van der Waals surface area contributed by atoms with Crippen LogP contribution in [-0.4, -0.2) is 0 Å². The Hall–Kier alpha value is -0.911. The second kappa shape index (κ2) is 21.4. The molecule has 0 amide bonds. The Morgan fingerprint density at radius 3 is 0.619 bits per heavy atom. The molecule has 0 aliphatic rings. The van der Waals surface area contributed by atoms with Gasteiger partial charge in [-0.1, -0.05) is 0 Å². The monoisotopic (exact) mass is 408 g/mol. The predicted octanol–water partition coefficient (Wildman–Crippen LogP) is 1.25. The van der Waals surface area contributed by atoms with E-state index in [9.17, 15) is 0 Å². The summed E-state index contributed by atoms with van der Waals surface area (Å²) in [6.07, 6.45) is 0. The Morgan fingerprint density at radius 2 is 0.571 bits per heavy atom. The molecule has 117 valence electrons. The molecular weight excluding hydrogens is 391 g/mol. The maximum absolute atomic E-state index is 2.89. The van der Waals surface area contributed by atoms with E-state index in [2.05, 4.69) is 18.2 Å². The van der Waals surface area contributed by atoms with E-state index in [1.165, 1.54) is 0 Å². The van der Waals surface area contributed by atoms with E-state index >= 15 is 0 Å². The Labute approximate surface area is 152 Å². The molecule has 0 bridgehead atoms. The minimum atomic E-state index is 0. The SMILES string of the molecule is [Br-].[Cu].[PH4+].[c-]1ccccc1.[c-]1ccccc1.[c-]1ccccc1. The van der Waals surface area contributed by atoms with Crippen LogP contribution in [0, 0.1) is 18.2 Å². The molecule has 21 heavy (non-hydrogen) atoms. The van der Waals surface area contributed by atoms with Crippen LogP contribution in [0.15, 0.2) is 91.0 Å². The molecule has 0 heterocycles. The summed E-state index contributed by atoms with van der Waals surface area (Å²) in [7, 11) is 0. The van der Waals surface area contributed by atoms with Gasteiger partial charge < -0.3 is 17.0 Å². The molecule has 1 radical (unpaired) electrons. The van der Waals surface area contributed by atoms with Crippen molar-refractivity contribution in [2.45, 2.75) is 0 Å². The zero-order valence-electron chi connectivity index (χ0n) is 11.8. The van der Waals surface area contributed by atoms with Crippen molar-refractivity contribution in [2.75, 3.05) is 0 Å². The zero-order valence-corrected chi connectivity index (χ0v) is 16.4. The summed E-state index contributed by atoms with van der Waals surface area (Å²) >= 11 is 0. The minimum Gasteiger partial charge on any atom is -1.00 e. The van der Waals surface area contributed by atoms with Crippen molar-refractivity contribution in [1.82, 2.24) is 0 Å². The van der Waals surface area contributed by atoms with E-state index in [1.807, 2.05) is 91.0 Å². The fourth-order valence-corrected chi connectivity index (χ4v) is 1.03. The van der Waals surface area contributed by atoms with Crippen LogP contribution in [0.5, 0.6) is 0 Å². The van der Waals surface area contributed by atoms with Crippen LogP contribution in [0.25, 0.3) is 0 Å². The van der Waals surface area contributed by atoms with Crippen molar-refractivity contribution in [3.8, 4) is 0 Å². The molecule has 1 unspecified atom stereocenters. The van der Waals surface area contributed by atoms with Crippen molar-refractivity contribution < 1.29 is 34.1 Å². The van der Waals surface area contributed by atoms with Gasteiger partial charge in [0, 0.05) is 17.1 Å². The molecule has 3 aromatic rings. The van der Waals surface area contributed by atoms with E-state index in [4.69, 9.17) is 0 Å². The predicted molar refractivity (Wildman–Crippen MR) is 88.3 cm³/mol. The van der Waals surface area contributed by atoms with Crippen LogP contribution in [0.4, 0.5) is 0 Å². The van der Waals surface area contributed by atoms with E-state index in [0.29, 0.717) is 0 Å². The molecule has 3 aromatic carbocycles. The third-order valence-corrected chi connectivity index (χ3v) is 1.82. The second-order valence-electron chi connectivity index (χ2n) is 3.23. The van der Waals surface area contributed by atoms with Crippen LogP contribution in [0.1, 0.15) is 0 Å². The van der Waals surface area contributed by atoms with Crippen LogP contribution < -0.4 is 17.0 Å². The van der Waals surface area contributed by atoms with Crippen LogP contribution in [0.3, 0.4) is 0 Å². The fraction of sp³-hybridized carbons (Fsp3) is 0. The number of hydrogen-bond donors (Lipinski definition) is 0. The second-order valence-corrected chi connectivity index (χ2v) is 3.23. The summed E-state index contributed by atoms with van der Waals surface area (Å²) in [5, 5.41) is 0. The van der Waals surface area contributed by atoms with Gasteiger partial charge in [-0.2, -0.15) is 109 Å². The van der Waals surface area contributed by atoms with Crippen LogP contribution in [0.2, 0.25) is 0 Å². The first-order valence-electron chi connectivity index (χ1n) is 5.73. The quantitative estimate of drug-likeness (QED) is 0.298. The Balaban J connectivity index is -0.000000216. The average Bonchev–Trinajstić information content (AvgIpc) is 2.54. The summed E-state index contributed by atoms with van der Waals surface area (Å²) < 4.78 is 0. The maximum atomic E-state index is 2.89. The Morgan fingerprint density at radius 1 is 0.381 bits per heavy atom. The summed E-state index contributed by atoms with van der Waals surface area (Å²) in [5.74, 6) is 0. The van der Waals surface area contributed by atoms with E-state index in [-0.39, 0.29) is 43.9 Å². The summed E-state index contributed by atoms with van der Waals surface area (Å²) in [6, 6.07) is 37.5. The molecule has 1 atom stereocenters. The molecular formula is C18H19BrCuP-3. The third kappa shape index (κ3) is 19.1. The van der Waals surface area contributed by atoms with Gasteiger partial charge in [-0.3, -0.25) is 0 Å². The topological polar surface area (TPSA) is 0 Å². The summed E-state index contributed by atoms with van der Waals surface area (Å²) in [6.45, 7) is 0. The largest absolute Gasteiger partial charge is 1.00 e. The summed E-state index contributed by atoms with van der Waals surface area (Å²) in [5.41, 5.74) is 0. The van der Waals surface area contributed by atoms with Gasteiger partial charge in [0.1, 0.15) is 0 Å².